The molecule has 0 atom stereocenters. The van der Waals surface area contributed by atoms with Crippen LogP contribution in [-0.2, 0) is 0 Å². The summed E-state index contributed by atoms with van der Waals surface area (Å²) in [5, 5.41) is 17.6. The van der Waals surface area contributed by atoms with Gasteiger partial charge in [0.05, 0.1) is 24.8 Å². The van der Waals surface area contributed by atoms with Crippen molar-refractivity contribution in [3.8, 4) is 29.3 Å². The average molecular weight is 423 g/mol. The van der Waals surface area contributed by atoms with Gasteiger partial charge in [0.1, 0.15) is 10.8 Å². The smallest absolute Gasteiger partial charge is 0.258 e. The second-order valence-electron chi connectivity index (χ2n) is 6.88. The maximum Gasteiger partial charge on any atom is 0.258 e. The molecule has 3 aromatic rings. The molecule has 0 amide bonds. The number of ether oxygens (including phenoxy) is 1. The number of likely N-dealkylation sites (tertiary alicyclic amines) is 1. The Morgan fingerprint density at radius 3 is 2.50 bits per heavy atom. The average Bonchev–Trinajstić information content (AvgIpc) is 3.30. The Bertz CT molecular complexity index is 1060. The molecule has 3 heterocycles. The first-order valence-electron chi connectivity index (χ1n) is 9.84. The van der Waals surface area contributed by atoms with Gasteiger partial charge in [0, 0.05) is 30.9 Å². The predicted molar refractivity (Wildman–Crippen MR) is 115 cm³/mol. The van der Waals surface area contributed by atoms with Crippen LogP contribution in [-0.4, -0.2) is 46.0 Å². The molecule has 1 aliphatic rings. The number of rotatable bonds is 4. The van der Waals surface area contributed by atoms with Crippen LogP contribution in [0.3, 0.4) is 0 Å². The van der Waals surface area contributed by atoms with Gasteiger partial charge in [0.2, 0.25) is 5.65 Å². The van der Waals surface area contributed by atoms with Crippen molar-refractivity contribution in [3.63, 3.8) is 0 Å². The molecular weight excluding hydrogens is 400 g/mol. The van der Waals surface area contributed by atoms with E-state index in [0.717, 1.165) is 12.1 Å². The van der Waals surface area contributed by atoms with Gasteiger partial charge in [-0.1, -0.05) is 30.2 Å². The van der Waals surface area contributed by atoms with Crippen LogP contribution >= 0.6 is 11.6 Å². The van der Waals surface area contributed by atoms with Crippen molar-refractivity contribution in [2.45, 2.75) is 25.7 Å². The number of nitrogens with zero attached hydrogens (tertiary/aromatic N) is 6. The molecular formula is C22H23ClN6O. The minimum atomic E-state index is 0.402. The van der Waals surface area contributed by atoms with E-state index in [1.165, 1.54) is 39.5 Å². The van der Waals surface area contributed by atoms with Crippen LogP contribution in [0.15, 0.2) is 36.7 Å². The Balaban J connectivity index is 0.000000216. The van der Waals surface area contributed by atoms with Gasteiger partial charge in [-0.3, -0.25) is 4.40 Å². The number of aromatic nitrogens is 3. The van der Waals surface area contributed by atoms with E-state index in [0.29, 0.717) is 34.4 Å². The first-order chi connectivity index (χ1) is 14.7. The largest absolute Gasteiger partial charge is 0.478 e. The number of methoxy groups -OCH3 is 1. The van der Waals surface area contributed by atoms with Crippen LogP contribution < -0.4 is 4.74 Å². The molecule has 7 nitrogen and oxygen atoms in total. The van der Waals surface area contributed by atoms with Crippen LogP contribution in [0.1, 0.15) is 31.2 Å². The van der Waals surface area contributed by atoms with E-state index >= 15 is 0 Å². The van der Waals surface area contributed by atoms with Gasteiger partial charge in [-0.2, -0.15) is 10.5 Å². The fourth-order valence-corrected chi connectivity index (χ4v) is 3.63. The topological polar surface area (TPSA) is 90.2 Å². The number of fused-ring (bicyclic) bond motifs is 1. The molecule has 0 N–H and O–H groups in total. The third-order valence-corrected chi connectivity index (χ3v) is 5.28. The zero-order valence-corrected chi connectivity index (χ0v) is 17.6. The summed E-state index contributed by atoms with van der Waals surface area (Å²) in [6.07, 6.45) is 8.10. The summed E-state index contributed by atoms with van der Waals surface area (Å²) < 4.78 is 6.95. The van der Waals surface area contributed by atoms with E-state index in [2.05, 4.69) is 27.0 Å². The maximum atomic E-state index is 8.83. The Kier molecular flexibility index (Phi) is 7.62. The summed E-state index contributed by atoms with van der Waals surface area (Å²) in [6, 6.07) is 11.3. The molecule has 0 aliphatic carbocycles. The van der Waals surface area contributed by atoms with Gasteiger partial charge in [-0.05, 0) is 38.1 Å². The summed E-state index contributed by atoms with van der Waals surface area (Å²) in [4.78, 5) is 10.9. The van der Waals surface area contributed by atoms with E-state index in [1.54, 1.807) is 41.1 Å². The van der Waals surface area contributed by atoms with Crippen LogP contribution in [0.4, 0.5) is 0 Å². The highest BCUT2D eigenvalue weighted by atomic mass is 35.5. The zero-order chi connectivity index (χ0) is 21.3. The van der Waals surface area contributed by atoms with Crippen LogP contribution in [0.25, 0.3) is 16.9 Å². The van der Waals surface area contributed by atoms with Gasteiger partial charge in [-0.25, -0.2) is 9.97 Å². The Hall–Kier alpha value is -3.13. The molecule has 0 bridgehead atoms. The highest BCUT2D eigenvalue weighted by molar-refractivity contribution is 6.32. The lowest BCUT2D eigenvalue weighted by Gasteiger charge is -2.24. The van der Waals surface area contributed by atoms with E-state index < -0.39 is 0 Å². The highest BCUT2D eigenvalue weighted by Crippen LogP contribution is 2.30. The molecule has 1 aliphatic heterocycles. The van der Waals surface area contributed by atoms with Gasteiger partial charge >= 0.3 is 0 Å². The number of hydrogen-bond donors (Lipinski definition) is 0. The van der Waals surface area contributed by atoms with Crippen molar-refractivity contribution >= 4 is 17.2 Å². The molecule has 2 aromatic heterocycles. The molecule has 154 valence electrons. The molecule has 8 heteroatoms. The molecule has 0 spiro atoms. The number of imidazole rings is 1. The van der Waals surface area contributed by atoms with Crippen molar-refractivity contribution < 1.29 is 4.74 Å². The van der Waals surface area contributed by atoms with Gasteiger partial charge < -0.3 is 9.64 Å². The normalized spacial score (nSPS) is 13.7. The lowest BCUT2D eigenvalue weighted by molar-refractivity contribution is 0.233. The fraction of sp³-hybridized carbons (Fsp3) is 0.364. The second kappa shape index (κ2) is 10.6. The fourth-order valence-electron chi connectivity index (χ4n) is 3.35. The third kappa shape index (κ3) is 5.07. The predicted octanol–water partition coefficient (Wildman–Crippen LogP) is 4.32. The number of hydrogen-bond acceptors (Lipinski definition) is 6. The molecule has 4 rings (SSSR count). The lowest BCUT2D eigenvalue weighted by Crippen LogP contribution is -2.30. The van der Waals surface area contributed by atoms with Crippen molar-refractivity contribution in [2.75, 3.05) is 26.7 Å². The summed E-state index contributed by atoms with van der Waals surface area (Å²) >= 11 is 6.36. The van der Waals surface area contributed by atoms with Crippen molar-refractivity contribution in [1.29, 1.82) is 10.5 Å². The summed E-state index contributed by atoms with van der Waals surface area (Å²) in [6.45, 7) is 3.40. The Morgan fingerprint density at radius 2 is 1.87 bits per heavy atom. The Morgan fingerprint density at radius 1 is 1.13 bits per heavy atom. The molecule has 30 heavy (non-hydrogen) atoms. The molecule has 1 aromatic carbocycles. The van der Waals surface area contributed by atoms with Gasteiger partial charge in [0.25, 0.3) is 5.88 Å². The molecule has 1 fully saturated rings. The van der Waals surface area contributed by atoms with E-state index in [9.17, 15) is 0 Å². The zero-order valence-electron chi connectivity index (χ0n) is 16.9. The van der Waals surface area contributed by atoms with E-state index in [-0.39, 0.29) is 0 Å². The quantitative estimate of drug-likeness (QED) is 0.622. The maximum absolute atomic E-state index is 8.83. The monoisotopic (exact) mass is 422 g/mol. The summed E-state index contributed by atoms with van der Waals surface area (Å²) in [7, 11) is 1.54. The standard InChI is InChI=1S/C14H9ClN4O.C8H14N2/c1-20-14-13-17-6-7-19(13)12(15)11(18-14)10-4-2-9(8-16)3-5-10;9-5-4-8-10-6-2-1-3-7-10/h2-7H,1H3;1-4,6-8H2. The first-order valence-corrected chi connectivity index (χ1v) is 10.2. The van der Waals surface area contributed by atoms with Crippen LogP contribution in [0.2, 0.25) is 5.15 Å². The summed E-state index contributed by atoms with van der Waals surface area (Å²) in [5.41, 5.74) is 2.54. The minimum absolute atomic E-state index is 0.402. The van der Waals surface area contributed by atoms with E-state index in [1.807, 2.05) is 0 Å². The van der Waals surface area contributed by atoms with Crippen molar-refractivity contribution in [2.24, 2.45) is 0 Å². The van der Waals surface area contributed by atoms with Crippen LogP contribution in [0, 0.1) is 22.7 Å². The van der Waals surface area contributed by atoms with Gasteiger partial charge in [0.15, 0.2) is 0 Å². The second-order valence-corrected chi connectivity index (χ2v) is 7.24. The molecule has 0 unspecified atom stereocenters. The number of benzene rings is 1. The number of nitriles is 2. The first kappa shape index (κ1) is 21.6. The van der Waals surface area contributed by atoms with E-state index in [4.69, 9.17) is 26.9 Å². The number of halogens is 1. The Labute approximate surface area is 181 Å². The van der Waals surface area contributed by atoms with Crippen molar-refractivity contribution in [1.82, 2.24) is 19.3 Å². The minimum Gasteiger partial charge on any atom is -0.478 e. The molecule has 0 saturated carbocycles. The molecule has 0 radical (unpaired) electrons. The SMILES string of the molecule is COc1nc(-c2ccc(C#N)cc2)c(Cl)n2ccnc12.N#CCCN1CCCCC1. The summed E-state index contributed by atoms with van der Waals surface area (Å²) in [5.74, 6) is 0.402. The van der Waals surface area contributed by atoms with Crippen molar-refractivity contribution in [3.05, 3.63) is 47.4 Å². The number of piperidine rings is 1. The molecule has 1 saturated heterocycles. The third-order valence-electron chi connectivity index (χ3n) is 4.92. The lowest BCUT2D eigenvalue weighted by atomic mass is 10.1. The van der Waals surface area contributed by atoms with Crippen LogP contribution in [0.5, 0.6) is 5.88 Å². The highest BCUT2D eigenvalue weighted by Gasteiger charge is 2.15. The van der Waals surface area contributed by atoms with Gasteiger partial charge in [-0.15, -0.1) is 0 Å².